The van der Waals surface area contributed by atoms with Crippen molar-refractivity contribution < 1.29 is 9.53 Å². The van der Waals surface area contributed by atoms with Gasteiger partial charge in [-0.3, -0.25) is 4.79 Å². The van der Waals surface area contributed by atoms with Gasteiger partial charge in [-0.25, -0.2) is 0 Å². The van der Waals surface area contributed by atoms with Gasteiger partial charge in [-0.05, 0) is 24.1 Å². The highest BCUT2D eigenvalue weighted by atomic mass is 79.9. The van der Waals surface area contributed by atoms with E-state index in [1.54, 1.807) is 7.11 Å². The Hall–Kier alpha value is -0.550. The van der Waals surface area contributed by atoms with E-state index in [-0.39, 0.29) is 11.4 Å². The van der Waals surface area contributed by atoms with E-state index in [4.69, 9.17) is 4.74 Å². The summed E-state index contributed by atoms with van der Waals surface area (Å²) in [6, 6.07) is 7.55. The summed E-state index contributed by atoms with van der Waals surface area (Å²) in [7, 11) is 1.63. The summed E-state index contributed by atoms with van der Waals surface area (Å²) < 4.78 is 5.09. The molecule has 0 atom stereocenters. The van der Waals surface area contributed by atoms with Crippen LogP contribution in [0.15, 0.2) is 24.3 Å². The molecule has 1 N–H and O–H groups in total. The van der Waals surface area contributed by atoms with Gasteiger partial charge in [0, 0.05) is 10.7 Å². The van der Waals surface area contributed by atoms with Crippen molar-refractivity contribution in [2.45, 2.75) is 25.3 Å². The Labute approximate surface area is 131 Å². The van der Waals surface area contributed by atoms with E-state index >= 15 is 0 Å². The minimum atomic E-state index is -0.219. The van der Waals surface area contributed by atoms with Crippen LogP contribution in [0, 0.1) is 0 Å². The average Bonchev–Trinajstić information content (AvgIpc) is 2.46. The molecule has 0 radical (unpaired) electrons. The molecule has 0 saturated heterocycles. The lowest BCUT2D eigenvalue weighted by molar-refractivity contribution is -0.121. The number of nitrogens with one attached hydrogen (secondary N) is 1. The van der Waals surface area contributed by atoms with Gasteiger partial charge in [-0.15, -0.1) is 0 Å². The van der Waals surface area contributed by atoms with Crippen molar-refractivity contribution in [2.24, 2.45) is 0 Å². The molecule has 19 heavy (non-hydrogen) atoms. The van der Waals surface area contributed by atoms with E-state index in [1.165, 1.54) is 0 Å². The molecule has 0 heterocycles. The van der Waals surface area contributed by atoms with Gasteiger partial charge in [-0.2, -0.15) is 0 Å². The van der Waals surface area contributed by atoms with Crippen LogP contribution in [-0.4, -0.2) is 29.2 Å². The molecule has 0 aliphatic rings. The monoisotopic (exact) mass is 391 g/mol. The second-order valence-electron chi connectivity index (χ2n) is 4.47. The first-order valence-corrected chi connectivity index (χ1v) is 8.39. The minimum absolute atomic E-state index is 0.0333. The van der Waals surface area contributed by atoms with Crippen LogP contribution in [-0.2, 0) is 11.2 Å². The molecule has 0 spiro atoms. The van der Waals surface area contributed by atoms with Gasteiger partial charge in [0.2, 0.25) is 5.91 Å². The predicted octanol–water partition coefficient (Wildman–Crippen LogP) is 3.29. The SMILES string of the molecule is CCC(CBr)(CBr)NC(=O)Cc1ccc(OC)cc1. The van der Waals surface area contributed by atoms with Gasteiger partial charge in [0.25, 0.3) is 0 Å². The summed E-state index contributed by atoms with van der Waals surface area (Å²) in [5, 5.41) is 4.56. The largest absolute Gasteiger partial charge is 0.497 e. The van der Waals surface area contributed by atoms with Crippen LogP contribution in [0.25, 0.3) is 0 Å². The third kappa shape index (κ3) is 4.80. The molecule has 0 fully saturated rings. The highest BCUT2D eigenvalue weighted by Crippen LogP contribution is 2.17. The van der Waals surface area contributed by atoms with E-state index in [0.29, 0.717) is 6.42 Å². The Morgan fingerprint density at radius 2 is 1.84 bits per heavy atom. The van der Waals surface area contributed by atoms with E-state index < -0.39 is 0 Å². The first kappa shape index (κ1) is 16.5. The van der Waals surface area contributed by atoms with Crippen molar-refractivity contribution in [3.05, 3.63) is 29.8 Å². The summed E-state index contributed by atoms with van der Waals surface area (Å²) in [5.41, 5.74) is 0.760. The fourth-order valence-electron chi connectivity index (χ4n) is 1.65. The maximum Gasteiger partial charge on any atom is 0.224 e. The lowest BCUT2D eigenvalue weighted by Crippen LogP contribution is -2.51. The minimum Gasteiger partial charge on any atom is -0.497 e. The summed E-state index contributed by atoms with van der Waals surface area (Å²) in [5.74, 6) is 0.832. The predicted molar refractivity (Wildman–Crippen MR) is 85.5 cm³/mol. The lowest BCUT2D eigenvalue weighted by Gasteiger charge is -2.30. The third-order valence-electron chi connectivity index (χ3n) is 3.12. The summed E-state index contributed by atoms with van der Waals surface area (Å²) in [6.07, 6.45) is 1.25. The van der Waals surface area contributed by atoms with Crippen LogP contribution in [0.1, 0.15) is 18.9 Å². The van der Waals surface area contributed by atoms with Gasteiger partial charge < -0.3 is 10.1 Å². The molecule has 0 unspecified atom stereocenters. The van der Waals surface area contributed by atoms with Crippen LogP contribution in [0.2, 0.25) is 0 Å². The lowest BCUT2D eigenvalue weighted by atomic mass is 10.0. The molecule has 3 nitrogen and oxygen atoms in total. The molecule has 1 amide bonds. The molecule has 1 rings (SSSR count). The number of halogens is 2. The van der Waals surface area contributed by atoms with Crippen LogP contribution in [0.4, 0.5) is 0 Å². The highest BCUT2D eigenvalue weighted by molar-refractivity contribution is 9.09. The Morgan fingerprint density at radius 3 is 2.26 bits per heavy atom. The van der Waals surface area contributed by atoms with Crippen LogP contribution in [0.3, 0.4) is 0 Å². The number of ether oxygens (including phenoxy) is 1. The molecule has 1 aromatic carbocycles. The molecule has 5 heteroatoms. The Balaban J connectivity index is 2.63. The number of benzene rings is 1. The van der Waals surface area contributed by atoms with Gasteiger partial charge in [0.1, 0.15) is 5.75 Å². The number of hydrogen-bond acceptors (Lipinski definition) is 2. The number of carbonyl (C=O) groups excluding carboxylic acids is 1. The first-order valence-electron chi connectivity index (χ1n) is 6.15. The van der Waals surface area contributed by atoms with Crippen molar-refractivity contribution in [1.29, 1.82) is 0 Å². The van der Waals surface area contributed by atoms with Crippen LogP contribution < -0.4 is 10.1 Å². The van der Waals surface area contributed by atoms with E-state index in [1.807, 2.05) is 24.3 Å². The molecule has 1 aromatic rings. The molecule has 106 valence electrons. The fraction of sp³-hybridized carbons (Fsp3) is 0.500. The Bertz CT molecular complexity index is 394. The standard InChI is InChI=1S/C14H19Br2NO2/c1-3-14(9-15,10-16)17-13(18)8-11-4-6-12(19-2)7-5-11/h4-7H,3,8-10H2,1-2H3,(H,17,18). The number of hydrogen-bond donors (Lipinski definition) is 1. The number of alkyl halides is 2. The topological polar surface area (TPSA) is 38.3 Å². The summed E-state index contributed by atoms with van der Waals surface area (Å²) in [6.45, 7) is 2.07. The number of amides is 1. The highest BCUT2D eigenvalue weighted by Gasteiger charge is 2.27. The maximum atomic E-state index is 12.1. The average molecular weight is 393 g/mol. The number of rotatable bonds is 7. The summed E-state index contributed by atoms with van der Waals surface area (Å²) in [4.78, 5) is 12.1. The fourth-order valence-corrected chi connectivity index (χ4v) is 3.65. The van der Waals surface area contributed by atoms with Gasteiger partial charge in [-0.1, -0.05) is 50.9 Å². The van der Waals surface area contributed by atoms with E-state index in [9.17, 15) is 4.79 Å². The molecule has 0 aromatic heterocycles. The van der Waals surface area contributed by atoms with Gasteiger partial charge in [0.05, 0.1) is 19.1 Å². The van der Waals surface area contributed by atoms with Crippen molar-refractivity contribution in [1.82, 2.24) is 5.32 Å². The molecular weight excluding hydrogens is 374 g/mol. The molecule has 0 saturated carbocycles. The summed E-state index contributed by atoms with van der Waals surface area (Å²) >= 11 is 6.93. The van der Waals surface area contributed by atoms with Crippen LogP contribution in [0.5, 0.6) is 5.75 Å². The van der Waals surface area contributed by atoms with Crippen molar-refractivity contribution in [3.8, 4) is 5.75 Å². The maximum absolute atomic E-state index is 12.1. The first-order chi connectivity index (χ1) is 9.09. The van der Waals surface area contributed by atoms with E-state index in [2.05, 4.69) is 44.1 Å². The molecular formula is C14H19Br2NO2. The molecule has 0 aliphatic carbocycles. The zero-order chi connectivity index (χ0) is 14.3. The number of methoxy groups -OCH3 is 1. The molecule has 0 aliphatic heterocycles. The van der Waals surface area contributed by atoms with Crippen molar-refractivity contribution >= 4 is 37.8 Å². The second kappa shape index (κ2) is 7.90. The van der Waals surface area contributed by atoms with Crippen molar-refractivity contribution in [3.63, 3.8) is 0 Å². The van der Waals surface area contributed by atoms with Gasteiger partial charge in [0.15, 0.2) is 0 Å². The van der Waals surface area contributed by atoms with E-state index in [0.717, 1.165) is 28.4 Å². The smallest absolute Gasteiger partial charge is 0.224 e. The van der Waals surface area contributed by atoms with Gasteiger partial charge >= 0.3 is 0 Å². The Kier molecular flexibility index (Phi) is 6.86. The van der Waals surface area contributed by atoms with Crippen molar-refractivity contribution in [2.75, 3.05) is 17.8 Å². The zero-order valence-corrected chi connectivity index (χ0v) is 14.4. The quantitative estimate of drug-likeness (QED) is 0.723. The Morgan fingerprint density at radius 1 is 1.26 bits per heavy atom. The number of carbonyl (C=O) groups is 1. The zero-order valence-electron chi connectivity index (χ0n) is 11.2. The molecule has 0 bridgehead atoms. The van der Waals surface area contributed by atoms with Crippen LogP contribution >= 0.6 is 31.9 Å². The second-order valence-corrected chi connectivity index (χ2v) is 5.60. The normalized spacial score (nSPS) is 11.2. The third-order valence-corrected chi connectivity index (χ3v) is 5.26.